The van der Waals surface area contributed by atoms with Crippen molar-refractivity contribution in [2.75, 3.05) is 31.0 Å². The van der Waals surface area contributed by atoms with Crippen molar-refractivity contribution >= 4 is 28.5 Å². The molecule has 96 valence electrons. The Morgan fingerprint density at radius 1 is 1.17 bits per heavy atom. The highest BCUT2D eigenvalue weighted by Crippen LogP contribution is 2.15. The maximum absolute atomic E-state index is 5.52. The summed E-state index contributed by atoms with van der Waals surface area (Å²) in [6, 6.07) is 7.84. The molecule has 0 unspecified atom stereocenters. The van der Waals surface area contributed by atoms with Gasteiger partial charge in [-0.25, -0.2) is 9.97 Å². The molecule has 0 fully saturated rings. The number of ether oxygens (including phenoxy) is 1. The second kappa shape index (κ2) is 6.52. The van der Waals surface area contributed by atoms with Crippen LogP contribution in [0.4, 0.5) is 5.82 Å². The number of fused-ring (bicyclic) bond motifs is 1. The molecule has 1 N–H and O–H groups in total. The maximum Gasteiger partial charge on any atom is 0.148 e. The van der Waals surface area contributed by atoms with Gasteiger partial charge in [0.25, 0.3) is 0 Å². The minimum Gasteiger partial charge on any atom is -0.378 e. The zero-order valence-corrected chi connectivity index (χ0v) is 11.1. The highest BCUT2D eigenvalue weighted by Gasteiger charge is 2.03. The Morgan fingerprint density at radius 2 is 1.89 bits per heavy atom. The van der Waals surface area contributed by atoms with Crippen LogP contribution in [-0.4, -0.2) is 35.6 Å². The van der Waals surface area contributed by atoms with E-state index in [0.29, 0.717) is 25.6 Å². The van der Waals surface area contributed by atoms with E-state index < -0.39 is 0 Å². The van der Waals surface area contributed by atoms with E-state index in [-0.39, 0.29) is 0 Å². The average molecular weight is 266 g/mol. The second-order valence-electron chi connectivity index (χ2n) is 3.87. The van der Waals surface area contributed by atoms with Crippen LogP contribution in [0.3, 0.4) is 0 Å². The Hall–Kier alpha value is -1.39. The number of para-hydroxylation sites is 2. The van der Waals surface area contributed by atoms with Crippen molar-refractivity contribution in [1.82, 2.24) is 9.97 Å². The fourth-order valence-electron chi connectivity index (χ4n) is 1.65. The molecular formula is C13H16ClN3O. The van der Waals surface area contributed by atoms with Gasteiger partial charge in [-0.05, 0) is 19.1 Å². The minimum absolute atomic E-state index is 0.523. The zero-order valence-electron chi connectivity index (χ0n) is 10.3. The lowest BCUT2D eigenvalue weighted by molar-refractivity contribution is 0.160. The third-order valence-electron chi connectivity index (χ3n) is 2.51. The van der Waals surface area contributed by atoms with Crippen molar-refractivity contribution in [2.24, 2.45) is 0 Å². The second-order valence-corrected chi connectivity index (χ2v) is 4.25. The summed E-state index contributed by atoms with van der Waals surface area (Å²) >= 11 is 5.52. The first kappa shape index (κ1) is 13.1. The van der Waals surface area contributed by atoms with Crippen molar-refractivity contribution in [1.29, 1.82) is 0 Å². The third kappa shape index (κ3) is 3.31. The number of rotatable bonds is 6. The van der Waals surface area contributed by atoms with Crippen molar-refractivity contribution < 1.29 is 4.74 Å². The molecule has 0 aliphatic carbocycles. The van der Waals surface area contributed by atoms with Gasteiger partial charge in [-0.15, -0.1) is 11.6 Å². The summed E-state index contributed by atoms with van der Waals surface area (Å²) in [6.07, 6.45) is 0. The van der Waals surface area contributed by atoms with Gasteiger partial charge >= 0.3 is 0 Å². The molecule has 18 heavy (non-hydrogen) atoms. The van der Waals surface area contributed by atoms with Gasteiger partial charge in [-0.1, -0.05) is 12.1 Å². The molecule has 0 aliphatic heterocycles. The molecule has 0 aliphatic rings. The maximum atomic E-state index is 5.52. The number of aromatic nitrogens is 2. The number of hydrogen-bond acceptors (Lipinski definition) is 4. The first-order valence-electron chi connectivity index (χ1n) is 5.92. The monoisotopic (exact) mass is 265 g/mol. The van der Waals surface area contributed by atoms with Crippen LogP contribution < -0.4 is 5.32 Å². The molecule has 0 spiro atoms. The SMILES string of the molecule is Cc1nc2ccccc2nc1NCCOCCCl. The summed E-state index contributed by atoms with van der Waals surface area (Å²) in [6.45, 7) is 3.83. The Kier molecular flexibility index (Phi) is 4.73. The fraction of sp³-hybridized carbons (Fsp3) is 0.385. The molecule has 1 aromatic carbocycles. The highest BCUT2D eigenvalue weighted by molar-refractivity contribution is 6.17. The topological polar surface area (TPSA) is 47.0 Å². The molecule has 4 nitrogen and oxygen atoms in total. The number of halogens is 1. The summed E-state index contributed by atoms with van der Waals surface area (Å²) in [4.78, 5) is 9.04. The van der Waals surface area contributed by atoms with Crippen LogP contribution in [0.5, 0.6) is 0 Å². The number of benzene rings is 1. The van der Waals surface area contributed by atoms with Gasteiger partial charge < -0.3 is 10.1 Å². The van der Waals surface area contributed by atoms with E-state index in [1.165, 1.54) is 0 Å². The van der Waals surface area contributed by atoms with E-state index in [4.69, 9.17) is 16.3 Å². The van der Waals surface area contributed by atoms with Crippen molar-refractivity contribution in [3.63, 3.8) is 0 Å². The van der Waals surface area contributed by atoms with Crippen LogP contribution in [-0.2, 0) is 4.74 Å². The van der Waals surface area contributed by atoms with Gasteiger partial charge in [0.05, 0.1) is 29.9 Å². The van der Waals surface area contributed by atoms with Crippen molar-refractivity contribution in [3.8, 4) is 0 Å². The zero-order chi connectivity index (χ0) is 12.8. The predicted octanol–water partition coefficient (Wildman–Crippen LogP) is 2.61. The molecule has 0 saturated carbocycles. The van der Waals surface area contributed by atoms with Crippen LogP contribution in [0.25, 0.3) is 11.0 Å². The van der Waals surface area contributed by atoms with E-state index >= 15 is 0 Å². The Balaban J connectivity index is 2.01. The lowest BCUT2D eigenvalue weighted by atomic mass is 10.3. The van der Waals surface area contributed by atoms with E-state index in [0.717, 1.165) is 22.5 Å². The normalized spacial score (nSPS) is 10.8. The van der Waals surface area contributed by atoms with E-state index in [1.54, 1.807) is 0 Å². The van der Waals surface area contributed by atoms with Crippen molar-refractivity contribution in [2.45, 2.75) is 6.92 Å². The molecule has 0 atom stereocenters. The number of nitrogens with zero attached hydrogens (tertiary/aromatic N) is 2. The first-order valence-corrected chi connectivity index (χ1v) is 6.45. The number of hydrogen-bond donors (Lipinski definition) is 1. The van der Waals surface area contributed by atoms with Crippen LogP contribution in [0.1, 0.15) is 5.69 Å². The van der Waals surface area contributed by atoms with Gasteiger partial charge in [0.2, 0.25) is 0 Å². The molecule has 0 radical (unpaired) electrons. The fourth-order valence-corrected chi connectivity index (χ4v) is 1.76. The van der Waals surface area contributed by atoms with Crippen LogP contribution in [0.15, 0.2) is 24.3 Å². The molecule has 0 saturated heterocycles. The standard InChI is InChI=1S/C13H16ClN3O/c1-10-13(15-7-9-18-8-6-14)17-12-5-3-2-4-11(12)16-10/h2-5H,6-9H2,1H3,(H,15,17). The van der Waals surface area contributed by atoms with Crippen LogP contribution in [0.2, 0.25) is 0 Å². The van der Waals surface area contributed by atoms with Gasteiger partial charge in [-0.2, -0.15) is 0 Å². The average Bonchev–Trinajstić information content (AvgIpc) is 2.39. The van der Waals surface area contributed by atoms with Crippen LogP contribution in [0, 0.1) is 6.92 Å². The van der Waals surface area contributed by atoms with E-state index in [1.807, 2.05) is 31.2 Å². The van der Waals surface area contributed by atoms with Gasteiger partial charge in [-0.3, -0.25) is 0 Å². The van der Waals surface area contributed by atoms with Gasteiger partial charge in [0, 0.05) is 12.4 Å². The Morgan fingerprint density at radius 3 is 2.61 bits per heavy atom. The molecule has 2 rings (SSSR count). The predicted molar refractivity (Wildman–Crippen MR) is 74.3 cm³/mol. The molecule has 2 aromatic rings. The van der Waals surface area contributed by atoms with Crippen LogP contribution >= 0.6 is 11.6 Å². The molecule has 5 heteroatoms. The Bertz CT molecular complexity index is 519. The van der Waals surface area contributed by atoms with E-state index in [2.05, 4.69) is 15.3 Å². The minimum atomic E-state index is 0.523. The lowest BCUT2D eigenvalue weighted by Crippen LogP contribution is -2.12. The molecule has 1 heterocycles. The Labute approximate surface area is 111 Å². The largest absolute Gasteiger partial charge is 0.378 e. The number of aryl methyl sites for hydroxylation is 1. The van der Waals surface area contributed by atoms with Gasteiger partial charge in [0.1, 0.15) is 5.82 Å². The third-order valence-corrected chi connectivity index (χ3v) is 2.66. The smallest absolute Gasteiger partial charge is 0.148 e. The number of anilines is 1. The van der Waals surface area contributed by atoms with Crippen molar-refractivity contribution in [3.05, 3.63) is 30.0 Å². The summed E-state index contributed by atoms with van der Waals surface area (Å²) < 4.78 is 5.29. The van der Waals surface area contributed by atoms with E-state index in [9.17, 15) is 0 Å². The number of alkyl halides is 1. The lowest BCUT2D eigenvalue weighted by Gasteiger charge is -2.09. The molecule has 0 amide bonds. The summed E-state index contributed by atoms with van der Waals surface area (Å²) in [5.74, 6) is 1.33. The highest BCUT2D eigenvalue weighted by atomic mass is 35.5. The first-order chi connectivity index (χ1) is 8.81. The molecule has 1 aromatic heterocycles. The summed E-state index contributed by atoms with van der Waals surface area (Å²) in [5.41, 5.74) is 2.71. The quantitative estimate of drug-likeness (QED) is 0.644. The van der Waals surface area contributed by atoms with Gasteiger partial charge in [0.15, 0.2) is 0 Å². The number of nitrogens with one attached hydrogen (secondary N) is 1. The summed E-state index contributed by atoms with van der Waals surface area (Å²) in [5, 5.41) is 3.22. The molecule has 0 bridgehead atoms. The molecular weight excluding hydrogens is 250 g/mol. The summed E-state index contributed by atoms with van der Waals surface area (Å²) in [7, 11) is 0.